The molecule has 3 rings (SSSR count). The van der Waals surface area contributed by atoms with Crippen LogP contribution in [0.3, 0.4) is 0 Å². The van der Waals surface area contributed by atoms with Gasteiger partial charge in [0.15, 0.2) is 0 Å². The Kier molecular flexibility index (Phi) is 1.69. The number of carbonyl (C=O) groups is 1. The van der Waals surface area contributed by atoms with Crippen LogP contribution < -0.4 is 5.73 Å². The Morgan fingerprint density at radius 1 is 1.36 bits per heavy atom. The number of hydrogen-bond acceptors (Lipinski definition) is 2. The van der Waals surface area contributed by atoms with Gasteiger partial charge in [0.2, 0.25) is 5.91 Å². The van der Waals surface area contributed by atoms with Crippen molar-refractivity contribution in [3.63, 3.8) is 0 Å². The third-order valence-electron chi connectivity index (χ3n) is 4.34. The number of amides is 1. The van der Waals surface area contributed by atoms with Crippen molar-refractivity contribution >= 4 is 5.91 Å². The smallest absolute Gasteiger partial charge is 0.242 e. The van der Waals surface area contributed by atoms with Crippen molar-refractivity contribution in [1.29, 1.82) is 0 Å². The summed E-state index contributed by atoms with van der Waals surface area (Å²) in [6.07, 6.45) is 6.71. The normalized spacial score (nSPS) is 38.5. The van der Waals surface area contributed by atoms with Crippen LogP contribution >= 0.6 is 0 Å². The summed E-state index contributed by atoms with van der Waals surface area (Å²) in [5, 5.41) is 0. The predicted molar refractivity (Wildman–Crippen MR) is 53.6 cm³/mol. The minimum absolute atomic E-state index is 0.246. The van der Waals surface area contributed by atoms with Crippen LogP contribution in [0.4, 0.5) is 0 Å². The van der Waals surface area contributed by atoms with Crippen LogP contribution in [0, 0.1) is 5.92 Å². The largest absolute Gasteiger partial charge is 0.338 e. The van der Waals surface area contributed by atoms with Gasteiger partial charge in [-0.3, -0.25) is 4.79 Å². The molecule has 2 bridgehead atoms. The number of rotatable bonds is 1. The van der Waals surface area contributed by atoms with Gasteiger partial charge in [-0.2, -0.15) is 0 Å². The van der Waals surface area contributed by atoms with Crippen molar-refractivity contribution in [1.82, 2.24) is 4.90 Å². The minimum atomic E-state index is -0.468. The number of nitrogens with zero attached hydrogens (tertiary/aromatic N) is 1. The fourth-order valence-corrected chi connectivity index (χ4v) is 3.23. The second-order valence-electron chi connectivity index (χ2n) is 5.30. The Morgan fingerprint density at radius 3 is 2.57 bits per heavy atom. The second-order valence-corrected chi connectivity index (χ2v) is 5.30. The molecule has 3 fully saturated rings. The van der Waals surface area contributed by atoms with Crippen molar-refractivity contribution in [3.05, 3.63) is 0 Å². The van der Waals surface area contributed by atoms with Crippen LogP contribution in [0.1, 0.15) is 38.5 Å². The van der Waals surface area contributed by atoms with Crippen LogP contribution in [-0.2, 0) is 4.79 Å². The number of piperidine rings is 1. The summed E-state index contributed by atoms with van der Waals surface area (Å²) in [7, 11) is 0. The Bertz CT molecular complexity index is 272. The Hall–Kier alpha value is -0.570. The van der Waals surface area contributed by atoms with Crippen LogP contribution in [0.25, 0.3) is 0 Å². The third kappa shape index (κ3) is 1.05. The zero-order valence-electron chi connectivity index (χ0n) is 8.54. The first-order chi connectivity index (χ1) is 6.69. The SMILES string of the molecule is NC1(C(=O)N2CC3CCC2C3)CCC1. The maximum absolute atomic E-state index is 12.1. The summed E-state index contributed by atoms with van der Waals surface area (Å²) in [6.45, 7) is 0.989. The van der Waals surface area contributed by atoms with E-state index in [1.165, 1.54) is 19.3 Å². The van der Waals surface area contributed by atoms with E-state index in [0.29, 0.717) is 6.04 Å². The number of hydrogen-bond donors (Lipinski definition) is 1. The van der Waals surface area contributed by atoms with Gasteiger partial charge in [-0.15, -0.1) is 0 Å². The zero-order chi connectivity index (χ0) is 9.76. The molecule has 0 aromatic rings. The molecule has 0 aromatic carbocycles. The van der Waals surface area contributed by atoms with Gasteiger partial charge >= 0.3 is 0 Å². The monoisotopic (exact) mass is 194 g/mol. The number of carbonyl (C=O) groups excluding carboxylic acids is 1. The second kappa shape index (κ2) is 2.72. The van der Waals surface area contributed by atoms with Crippen molar-refractivity contribution < 1.29 is 4.79 Å². The van der Waals surface area contributed by atoms with Gasteiger partial charge in [-0.1, -0.05) is 0 Å². The van der Waals surface area contributed by atoms with Crippen molar-refractivity contribution in [2.24, 2.45) is 11.7 Å². The fourth-order valence-electron chi connectivity index (χ4n) is 3.23. The highest BCUT2D eigenvalue weighted by atomic mass is 16.2. The molecule has 1 saturated heterocycles. The predicted octanol–water partition coefficient (Wildman–Crippen LogP) is 0.879. The molecule has 78 valence electrons. The molecule has 0 radical (unpaired) electrons. The summed E-state index contributed by atoms with van der Waals surface area (Å²) in [6, 6.07) is 0.536. The standard InChI is InChI=1S/C11H18N2O/c12-11(4-1-5-11)10(14)13-7-8-2-3-9(13)6-8/h8-9H,1-7,12H2. The molecule has 14 heavy (non-hydrogen) atoms. The number of fused-ring (bicyclic) bond motifs is 2. The van der Waals surface area contributed by atoms with E-state index >= 15 is 0 Å². The lowest BCUT2D eigenvalue weighted by molar-refractivity contribution is -0.141. The highest BCUT2D eigenvalue weighted by Crippen LogP contribution is 2.40. The molecular weight excluding hydrogens is 176 g/mol. The van der Waals surface area contributed by atoms with E-state index in [2.05, 4.69) is 4.90 Å². The quantitative estimate of drug-likeness (QED) is 0.673. The van der Waals surface area contributed by atoms with Crippen LogP contribution in [-0.4, -0.2) is 28.9 Å². The summed E-state index contributed by atoms with van der Waals surface area (Å²) in [4.78, 5) is 14.2. The lowest BCUT2D eigenvalue weighted by Crippen LogP contribution is -2.60. The molecule has 2 unspecified atom stereocenters. The molecular formula is C11H18N2O. The zero-order valence-corrected chi connectivity index (χ0v) is 8.54. The Labute approximate surface area is 84.6 Å². The van der Waals surface area contributed by atoms with E-state index in [9.17, 15) is 4.79 Å². The topological polar surface area (TPSA) is 46.3 Å². The van der Waals surface area contributed by atoms with Gasteiger partial charge in [0, 0.05) is 12.6 Å². The molecule has 2 N–H and O–H groups in total. The number of likely N-dealkylation sites (tertiary alicyclic amines) is 1. The van der Waals surface area contributed by atoms with E-state index in [1.54, 1.807) is 0 Å². The van der Waals surface area contributed by atoms with E-state index in [-0.39, 0.29) is 5.91 Å². The maximum atomic E-state index is 12.1. The summed E-state index contributed by atoms with van der Waals surface area (Å²) >= 11 is 0. The first-order valence-corrected chi connectivity index (χ1v) is 5.79. The van der Waals surface area contributed by atoms with E-state index in [0.717, 1.165) is 31.7 Å². The fraction of sp³-hybridized carbons (Fsp3) is 0.909. The first-order valence-electron chi connectivity index (χ1n) is 5.79. The van der Waals surface area contributed by atoms with Gasteiger partial charge in [0.25, 0.3) is 0 Å². The van der Waals surface area contributed by atoms with Gasteiger partial charge in [0.05, 0.1) is 5.54 Å². The summed E-state index contributed by atoms with van der Waals surface area (Å²) < 4.78 is 0. The van der Waals surface area contributed by atoms with Gasteiger partial charge < -0.3 is 10.6 Å². The highest BCUT2D eigenvalue weighted by Gasteiger charge is 2.48. The first kappa shape index (κ1) is 8.72. The molecule has 2 saturated carbocycles. The van der Waals surface area contributed by atoms with Crippen LogP contribution in [0.5, 0.6) is 0 Å². The summed E-state index contributed by atoms with van der Waals surface area (Å²) in [5.74, 6) is 1.03. The Balaban J connectivity index is 1.74. The van der Waals surface area contributed by atoms with Crippen LogP contribution in [0.15, 0.2) is 0 Å². The maximum Gasteiger partial charge on any atom is 0.242 e. The average molecular weight is 194 g/mol. The Morgan fingerprint density at radius 2 is 2.14 bits per heavy atom. The molecule has 0 spiro atoms. The van der Waals surface area contributed by atoms with Gasteiger partial charge in [-0.05, 0) is 44.4 Å². The van der Waals surface area contributed by atoms with Crippen molar-refractivity contribution in [2.75, 3.05) is 6.54 Å². The molecule has 0 aromatic heterocycles. The number of nitrogens with two attached hydrogens (primary N) is 1. The van der Waals surface area contributed by atoms with Gasteiger partial charge in [0.1, 0.15) is 0 Å². The third-order valence-corrected chi connectivity index (χ3v) is 4.34. The van der Waals surface area contributed by atoms with Crippen molar-refractivity contribution in [2.45, 2.75) is 50.1 Å². The molecule has 3 aliphatic rings. The highest BCUT2D eigenvalue weighted by molar-refractivity contribution is 5.87. The molecule has 2 aliphatic carbocycles. The molecule has 1 aliphatic heterocycles. The van der Waals surface area contributed by atoms with E-state index in [4.69, 9.17) is 5.73 Å². The van der Waals surface area contributed by atoms with Gasteiger partial charge in [-0.25, -0.2) is 0 Å². The lowest BCUT2D eigenvalue weighted by Gasteiger charge is -2.41. The van der Waals surface area contributed by atoms with Crippen LogP contribution in [0.2, 0.25) is 0 Å². The molecule has 1 amide bonds. The van der Waals surface area contributed by atoms with E-state index in [1.807, 2.05) is 0 Å². The molecule has 1 heterocycles. The lowest BCUT2D eigenvalue weighted by atomic mass is 9.76. The summed E-state index contributed by atoms with van der Waals surface area (Å²) in [5.41, 5.74) is 5.60. The van der Waals surface area contributed by atoms with E-state index < -0.39 is 5.54 Å². The molecule has 3 heteroatoms. The molecule has 2 atom stereocenters. The minimum Gasteiger partial charge on any atom is -0.338 e. The van der Waals surface area contributed by atoms with Crippen molar-refractivity contribution in [3.8, 4) is 0 Å². The average Bonchev–Trinajstić information content (AvgIpc) is 2.73. The molecule has 3 nitrogen and oxygen atoms in total.